The van der Waals surface area contributed by atoms with Gasteiger partial charge in [0.1, 0.15) is 29.4 Å². The van der Waals surface area contributed by atoms with Gasteiger partial charge in [0.2, 0.25) is 21.8 Å². The Morgan fingerprint density at radius 1 is 1.00 bits per heavy atom. The van der Waals surface area contributed by atoms with Gasteiger partial charge in [0.05, 0.1) is 18.4 Å². The Hall–Kier alpha value is -4.33. The number of hydrogen-bond donors (Lipinski definition) is 3. The largest absolute Gasteiger partial charge is 0.390 e. The number of fused-ring (bicyclic) bond motifs is 3. The van der Waals surface area contributed by atoms with Gasteiger partial charge in [-0.05, 0) is 55.1 Å². The lowest BCUT2D eigenvalue weighted by atomic mass is 9.99. The molecule has 0 spiro atoms. The second-order valence-electron chi connectivity index (χ2n) is 16.1. The van der Waals surface area contributed by atoms with Crippen LogP contribution in [0.25, 0.3) is 11.1 Å². The summed E-state index contributed by atoms with van der Waals surface area (Å²) in [6.45, 7) is 14.1. The molecular weight excluding hydrogens is 707 g/mol. The van der Waals surface area contributed by atoms with E-state index in [9.17, 15) is 22.8 Å². The lowest BCUT2D eigenvalue weighted by Gasteiger charge is -2.30. The van der Waals surface area contributed by atoms with Crippen molar-refractivity contribution in [3.05, 3.63) is 85.0 Å². The minimum absolute atomic E-state index is 0.0606. The zero-order valence-electron chi connectivity index (χ0n) is 31.5. The molecule has 1 saturated heterocycles. The summed E-state index contributed by atoms with van der Waals surface area (Å²) in [5, 5.41) is 6.88. The van der Waals surface area contributed by atoms with Crippen molar-refractivity contribution in [3.63, 3.8) is 0 Å². The average molecular weight is 760 g/mol. The summed E-state index contributed by atoms with van der Waals surface area (Å²) in [6, 6.07) is 14.1. The maximum atomic E-state index is 14.5. The third-order valence-electron chi connectivity index (χ3n) is 10.5. The first kappa shape index (κ1) is 39.4. The van der Waals surface area contributed by atoms with Crippen molar-refractivity contribution in [2.45, 2.75) is 108 Å². The Morgan fingerprint density at radius 2 is 1.65 bits per heavy atom. The van der Waals surface area contributed by atoms with Crippen LogP contribution in [0.2, 0.25) is 0 Å². The van der Waals surface area contributed by atoms with E-state index in [-0.39, 0.29) is 30.7 Å². The molecule has 3 fully saturated rings. The van der Waals surface area contributed by atoms with E-state index in [1.54, 1.807) is 6.08 Å². The summed E-state index contributed by atoms with van der Waals surface area (Å²) in [5.74, 6) is -2.19. The number of rotatable bonds is 18. The van der Waals surface area contributed by atoms with Gasteiger partial charge in [-0.2, -0.15) is 5.48 Å². The second kappa shape index (κ2) is 16.2. The average Bonchev–Trinajstić information content (AvgIpc) is 4.05. The normalized spacial score (nSPS) is 23.5. The number of carbonyl (C=O) groups excluding carboxylic acids is 3. The number of allylic oxidation sites excluding steroid dienone is 1. The van der Waals surface area contributed by atoms with Crippen LogP contribution in [0.3, 0.4) is 0 Å². The Balaban J connectivity index is 1.25. The van der Waals surface area contributed by atoms with Crippen molar-refractivity contribution in [3.8, 4) is 11.1 Å². The van der Waals surface area contributed by atoms with E-state index < -0.39 is 56.7 Å². The minimum Gasteiger partial charge on any atom is -0.390 e. The SMILES string of the molecule is C=CCCCCCC(NOCC(C)(C)C)C(=O)N1C[C@H](ON=C2c3ccccc3-c3ccccc32)C[C@H]1C(=O)N[C@]1(C(=O)NS(=O)(=O)C2CC2)CC1C=C. The van der Waals surface area contributed by atoms with Crippen LogP contribution >= 0.6 is 0 Å². The number of hydrogen-bond acceptors (Lipinski definition) is 9. The molecule has 3 amide bonds. The molecule has 2 saturated carbocycles. The molecule has 4 aliphatic rings. The molecule has 3 N–H and O–H groups in total. The predicted octanol–water partition coefficient (Wildman–Crippen LogP) is 5.15. The molecule has 2 aromatic rings. The van der Waals surface area contributed by atoms with Crippen molar-refractivity contribution < 1.29 is 32.5 Å². The van der Waals surface area contributed by atoms with E-state index in [2.05, 4.69) is 33.8 Å². The zero-order valence-corrected chi connectivity index (χ0v) is 32.3. The summed E-state index contributed by atoms with van der Waals surface area (Å²) < 4.78 is 27.6. The molecule has 6 rings (SSSR count). The molecule has 5 atom stereocenters. The van der Waals surface area contributed by atoms with Gasteiger partial charge in [-0.1, -0.05) is 99.5 Å². The monoisotopic (exact) mass is 759 g/mol. The van der Waals surface area contributed by atoms with Crippen LogP contribution in [-0.2, 0) is 34.1 Å². The quantitative estimate of drug-likeness (QED) is 0.0915. The Morgan fingerprint density at radius 3 is 2.22 bits per heavy atom. The van der Waals surface area contributed by atoms with Gasteiger partial charge < -0.3 is 19.9 Å². The second-order valence-corrected chi connectivity index (χ2v) is 18.1. The zero-order chi connectivity index (χ0) is 38.7. The molecule has 2 aromatic carbocycles. The van der Waals surface area contributed by atoms with Gasteiger partial charge in [-0.3, -0.25) is 19.1 Å². The molecule has 2 unspecified atom stereocenters. The number of carbonyl (C=O) groups is 3. The van der Waals surface area contributed by atoms with E-state index in [1.807, 2.05) is 75.4 Å². The van der Waals surface area contributed by atoms with Gasteiger partial charge >= 0.3 is 0 Å². The highest BCUT2D eigenvalue weighted by Gasteiger charge is 2.62. The van der Waals surface area contributed by atoms with Crippen molar-refractivity contribution in [1.29, 1.82) is 0 Å². The van der Waals surface area contributed by atoms with E-state index in [1.165, 1.54) is 4.90 Å². The Labute approximate surface area is 318 Å². The van der Waals surface area contributed by atoms with E-state index in [4.69, 9.17) is 9.68 Å². The highest BCUT2D eigenvalue weighted by atomic mass is 32.2. The molecule has 1 aliphatic heterocycles. The molecule has 54 heavy (non-hydrogen) atoms. The fourth-order valence-corrected chi connectivity index (χ4v) is 8.57. The summed E-state index contributed by atoms with van der Waals surface area (Å²) in [5.41, 5.74) is 5.94. The van der Waals surface area contributed by atoms with Gasteiger partial charge in [-0.15, -0.1) is 13.2 Å². The number of sulfonamides is 1. The Bertz CT molecular complexity index is 1850. The number of unbranched alkanes of at least 4 members (excludes halogenated alkanes) is 3. The smallest absolute Gasteiger partial charge is 0.259 e. The van der Waals surface area contributed by atoms with Crippen molar-refractivity contribution >= 4 is 33.5 Å². The van der Waals surface area contributed by atoms with Crippen molar-refractivity contribution in [2.75, 3.05) is 13.2 Å². The summed E-state index contributed by atoms with van der Waals surface area (Å²) in [6.07, 6.45) is 7.93. The summed E-state index contributed by atoms with van der Waals surface area (Å²) in [7, 11) is -3.86. The first-order chi connectivity index (χ1) is 25.8. The highest BCUT2D eigenvalue weighted by Crippen LogP contribution is 2.45. The Kier molecular flexibility index (Phi) is 11.8. The molecular formula is C41H53N5O7S. The highest BCUT2D eigenvalue weighted by molar-refractivity contribution is 7.91. The third kappa shape index (κ3) is 8.79. The molecule has 3 aliphatic carbocycles. The molecule has 0 aromatic heterocycles. The van der Waals surface area contributed by atoms with Crippen LogP contribution in [0.1, 0.15) is 89.7 Å². The van der Waals surface area contributed by atoms with Gasteiger partial charge in [0.15, 0.2) is 0 Å². The van der Waals surface area contributed by atoms with E-state index in [0.717, 1.165) is 47.9 Å². The van der Waals surface area contributed by atoms with Crippen LogP contribution in [-0.4, -0.2) is 78.9 Å². The lowest BCUT2D eigenvalue weighted by molar-refractivity contribution is -0.145. The van der Waals surface area contributed by atoms with Crippen molar-refractivity contribution in [2.24, 2.45) is 16.5 Å². The fraction of sp³-hybridized carbons (Fsp3) is 0.512. The van der Waals surface area contributed by atoms with Crippen LogP contribution in [0.4, 0.5) is 0 Å². The first-order valence-electron chi connectivity index (χ1n) is 19.0. The first-order valence-corrected chi connectivity index (χ1v) is 20.5. The standard InChI is InChI=1S/C41H53N5O7S/c1-6-8-9-10-11-20-34(43-52-26-40(3,4)5)38(48)46-25-28(53-44-36-32-18-14-12-16-30(32)31-17-13-15-19-33(31)36)23-35(46)37(47)42-41(24-27(41)7-2)39(49)45-54(50,51)29-21-22-29/h6-7,12-19,27-29,34-35,43H,1-2,8-11,20-26H2,3-5H3,(H,42,47)(H,45,49)/t27?,28-,34?,35+,41-/m1/s1. The molecule has 0 bridgehead atoms. The van der Waals surface area contributed by atoms with Gasteiger partial charge in [0, 0.05) is 23.5 Å². The van der Waals surface area contributed by atoms with Crippen LogP contribution in [0, 0.1) is 11.3 Å². The number of likely N-dealkylation sites (tertiary alicyclic amines) is 1. The lowest BCUT2D eigenvalue weighted by Crippen LogP contribution is -2.58. The molecule has 290 valence electrons. The number of nitrogens with zero attached hydrogens (tertiary/aromatic N) is 2. The van der Waals surface area contributed by atoms with E-state index >= 15 is 0 Å². The maximum Gasteiger partial charge on any atom is 0.259 e. The van der Waals surface area contributed by atoms with E-state index in [0.29, 0.717) is 31.6 Å². The number of benzene rings is 2. The van der Waals surface area contributed by atoms with Gasteiger partial charge in [-0.25, -0.2) is 8.42 Å². The summed E-state index contributed by atoms with van der Waals surface area (Å²) in [4.78, 5) is 55.9. The topological polar surface area (TPSA) is 155 Å². The predicted molar refractivity (Wildman–Crippen MR) is 207 cm³/mol. The van der Waals surface area contributed by atoms with Crippen LogP contribution < -0.4 is 15.5 Å². The summed E-state index contributed by atoms with van der Waals surface area (Å²) >= 11 is 0. The number of hydroxylamine groups is 1. The molecule has 0 radical (unpaired) electrons. The van der Waals surface area contributed by atoms with Crippen LogP contribution in [0.5, 0.6) is 0 Å². The number of oxime groups is 1. The minimum atomic E-state index is -3.86. The fourth-order valence-electron chi connectivity index (χ4n) is 7.21. The van der Waals surface area contributed by atoms with Crippen LogP contribution in [0.15, 0.2) is 79.0 Å². The number of nitrogens with one attached hydrogen (secondary N) is 3. The van der Waals surface area contributed by atoms with Gasteiger partial charge in [0.25, 0.3) is 5.91 Å². The molecule has 1 heterocycles. The third-order valence-corrected chi connectivity index (χ3v) is 12.3. The maximum absolute atomic E-state index is 14.5. The van der Waals surface area contributed by atoms with Crippen molar-refractivity contribution in [1.82, 2.24) is 20.4 Å². The number of amides is 3. The molecule has 12 nitrogen and oxygen atoms in total. The molecule has 13 heteroatoms.